The lowest BCUT2D eigenvalue weighted by Gasteiger charge is -2.26. The van der Waals surface area contributed by atoms with Gasteiger partial charge in [-0.15, -0.1) is 11.3 Å². The van der Waals surface area contributed by atoms with Gasteiger partial charge in [-0.1, -0.05) is 0 Å². The van der Waals surface area contributed by atoms with Crippen LogP contribution in [0.3, 0.4) is 0 Å². The molecule has 0 aromatic carbocycles. The zero-order valence-corrected chi connectivity index (χ0v) is 15.8. The van der Waals surface area contributed by atoms with Gasteiger partial charge in [-0.05, 0) is 32.8 Å². The average Bonchev–Trinajstić information content (AvgIpc) is 3.24. The minimum absolute atomic E-state index is 0.0605. The Hall–Kier alpha value is -2.42. The van der Waals surface area contributed by atoms with Gasteiger partial charge in [0.25, 0.3) is 5.91 Å². The Morgan fingerprint density at radius 1 is 1.46 bits per heavy atom. The maximum absolute atomic E-state index is 12.6. The molecule has 2 N–H and O–H groups in total. The highest BCUT2D eigenvalue weighted by molar-refractivity contribution is 7.20. The molecule has 0 saturated carbocycles. The van der Waals surface area contributed by atoms with Crippen molar-refractivity contribution >= 4 is 39.3 Å². The molecule has 8 nitrogen and oxygen atoms in total. The molecule has 2 aromatic heterocycles. The van der Waals surface area contributed by atoms with Gasteiger partial charge in [0, 0.05) is 25.0 Å². The highest BCUT2D eigenvalue weighted by Crippen LogP contribution is 2.27. The lowest BCUT2D eigenvalue weighted by atomic mass is 10.1. The van der Waals surface area contributed by atoms with Crippen LogP contribution in [-0.2, 0) is 16.6 Å². The van der Waals surface area contributed by atoms with E-state index < -0.39 is 12.0 Å². The third kappa shape index (κ3) is 3.44. The summed E-state index contributed by atoms with van der Waals surface area (Å²) in [5.74, 6) is -1.46. The van der Waals surface area contributed by atoms with Crippen LogP contribution >= 0.6 is 11.3 Å². The number of hydrogen-bond acceptors (Lipinski definition) is 5. The van der Waals surface area contributed by atoms with E-state index in [9.17, 15) is 14.4 Å². The van der Waals surface area contributed by atoms with Gasteiger partial charge in [0.2, 0.25) is 5.91 Å². The van der Waals surface area contributed by atoms with Crippen molar-refractivity contribution in [3.63, 3.8) is 0 Å². The fourth-order valence-electron chi connectivity index (χ4n) is 3.44. The normalized spacial score (nSPS) is 18.3. The van der Waals surface area contributed by atoms with Crippen molar-refractivity contribution in [1.82, 2.24) is 20.0 Å². The molecule has 9 heteroatoms. The van der Waals surface area contributed by atoms with Crippen molar-refractivity contribution in [3.05, 3.63) is 16.6 Å². The number of aliphatic carboxylic acids is 1. The lowest BCUT2D eigenvalue weighted by Crippen LogP contribution is -2.48. The number of fused-ring (bicyclic) bond motifs is 1. The number of carboxylic acid groups (broad SMARTS) is 1. The van der Waals surface area contributed by atoms with Gasteiger partial charge in [0.15, 0.2) is 0 Å². The summed E-state index contributed by atoms with van der Waals surface area (Å²) in [6.07, 6.45) is 1.41. The Morgan fingerprint density at radius 3 is 2.85 bits per heavy atom. The first kappa shape index (κ1) is 18.4. The van der Waals surface area contributed by atoms with Crippen molar-refractivity contribution in [2.45, 2.75) is 45.2 Å². The monoisotopic (exact) mass is 378 g/mol. The van der Waals surface area contributed by atoms with E-state index in [1.807, 2.05) is 14.0 Å². The van der Waals surface area contributed by atoms with Crippen molar-refractivity contribution in [3.8, 4) is 0 Å². The summed E-state index contributed by atoms with van der Waals surface area (Å²) >= 11 is 1.33. The van der Waals surface area contributed by atoms with Gasteiger partial charge in [0.1, 0.15) is 10.9 Å². The fourth-order valence-corrected chi connectivity index (χ4v) is 4.46. The number of thiophene rings is 1. The van der Waals surface area contributed by atoms with Crippen molar-refractivity contribution in [1.29, 1.82) is 0 Å². The minimum Gasteiger partial charge on any atom is -0.481 e. The molecule has 1 aliphatic rings. The number of carbonyl (C=O) groups is 3. The first-order chi connectivity index (χ1) is 12.3. The summed E-state index contributed by atoms with van der Waals surface area (Å²) in [5.41, 5.74) is 0.857. The number of amides is 2. The molecule has 0 spiro atoms. The molecule has 3 rings (SSSR count). The molecule has 0 aliphatic carbocycles. The van der Waals surface area contributed by atoms with Crippen LogP contribution in [0.5, 0.6) is 0 Å². The average molecular weight is 378 g/mol. The Kier molecular flexibility index (Phi) is 4.99. The predicted molar refractivity (Wildman–Crippen MR) is 97.2 cm³/mol. The Morgan fingerprint density at radius 2 is 2.19 bits per heavy atom. The topological polar surface area (TPSA) is 105 Å². The minimum atomic E-state index is -0.916. The molecule has 2 aromatic rings. The van der Waals surface area contributed by atoms with Crippen molar-refractivity contribution in [2.75, 3.05) is 6.54 Å². The number of hydrogen-bond donors (Lipinski definition) is 2. The Bertz CT molecular complexity index is 837. The van der Waals surface area contributed by atoms with Crippen LogP contribution in [0.25, 0.3) is 10.2 Å². The summed E-state index contributed by atoms with van der Waals surface area (Å²) in [5, 5.41) is 17.0. The third-order valence-corrected chi connectivity index (χ3v) is 5.91. The second kappa shape index (κ2) is 7.06. The molecule has 0 bridgehead atoms. The number of carbonyl (C=O) groups excluding carboxylic acids is 2. The Balaban J connectivity index is 1.68. The molecule has 1 saturated heterocycles. The number of nitrogens with one attached hydrogen (secondary N) is 1. The zero-order chi connectivity index (χ0) is 19.0. The van der Waals surface area contributed by atoms with E-state index in [-0.39, 0.29) is 24.3 Å². The van der Waals surface area contributed by atoms with Gasteiger partial charge < -0.3 is 15.3 Å². The van der Waals surface area contributed by atoms with Gasteiger partial charge in [-0.25, -0.2) is 0 Å². The molecule has 26 heavy (non-hydrogen) atoms. The first-order valence-electron chi connectivity index (χ1n) is 8.54. The number of likely N-dealkylation sites (tertiary alicyclic amines) is 1. The van der Waals surface area contributed by atoms with Crippen LogP contribution in [0.2, 0.25) is 0 Å². The largest absolute Gasteiger partial charge is 0.481 e. The number of aryl methyl sites for hydroxylation is 2. The standard InChI is InChI=1S/C17H22N4O4S/c1-9-12-8-13(26-17(12)20(3)19-9)15(24)18-10(2)16(25)21-6-4-5-11(21)7-14(22)23/h8,10-11H,4-7H2,1-3H3,(H,18,24)(H,22,23). The number of rotatable bonds is 5. The van der Waals surface area contributed by atoms with Crippen LogP contribution in [-0.4, -0.2) is 56.2 Å². The summed E-state index contributed by atoms with van der Waals surface area (Å²) in [6.45, 7) is 4.06. The molecule has 2 amide bonds. The van der Waals surface area contributed by atoms with Crippen LogP contribution < -0.4 is 5.32 Å². The highest BCUT2D eigenvalue weighted by atomic mass is 32.1. The predicted octanol–water partition coefficient (Wildman–Crippen LogP) is 1.53. The van der Waals surface area contributed by atoms with E-state index >= 15 is 0 Å². The van der Waals surface area contributed by atoms with Crippen molar-refractivity contribution in [2.24, 2.45) is 7.05 Å². The third-order valence-electron chi connectivity index (χ3n) is 4.71. The number of nitrogens with zero attached hydrogens (tertiary/aromatic N) is 3. The fraction of sp³-hybridized carbons (Fsp3) is 0.529. The first-order valence-corrected chi connectivity index (χ1v) is 9.36. The van der Waals surface area contributed by atoms with Gasteiger partial charge in [0.05, 0.1) is 17.0 Å². The molecule has 2 unspecified atom stereocenters. The number of aromatic nitrogens is 2. The Labute approximate surface area is 154 Å². The van der Waals surface area contributed by atoms with E-state index in [0.29, 0.717) is 17.8 Å². The summed E-state index contributed by atoms with van der Waals surface area (Å²) in [7, 11) is 1.83. The van der Waals surface area contributed by atoms with Gasteiger partial charge in [-0.2, -0.15) is 5.10 Å². The molecule has 1 aliphatic heterocycles. The van der Waals surface area contributed by atoms with E-state index in [0.717, 1.165) is 22.3 Å². The maximum atomic E-state index is 12.6. The molecule has 140 valence electrons. The van der Waals surface area contributed by atoms with E-state index in [4.69, 9.17) is 5.11 Å². The van der Waals surface area contributed by atoms with Gasteiger partial charge >= 0.3 is 5.97 Å². The second-order valence-corrected chi connectivity index (χ2v) is 7.69. The quantitative estimate of drug-likeness (QED) is 0.821. The SMILES string of the molecule is Cc1nn(C)c2sc(C(=O)NC(C)C(=O)N3CCCC3CC(=O)O)cc12. The summed E-state index contributed by atoms with van der Waals surface area (Å²) < 4.78 is 1.74. The summed E-state index contributed by atoms with van der Waals surface area (Å²) in [6, 6.07) is 0.788. The molecular formula is C17H22N4O4S. The van der Waals surface area contributed by atoms with Crippen LogP contribution in [0.15, 0.2) is 6.07 Å². The highest BCUT2D eigenvalue weighted by Gasteiger charge is 2.33. The lowest BCUT2D eigenvalue weighted by molar-refractivity contribution is -0.140. The smallest absolute Gasteiger partial charge is 0.305 e. The van der Waals surface area contributed by atoms with Gasteiger partial charge in [-0.3, -0.25) is 19.1 Å². The van der Waals surface area contributed by atoms with E-state index in [1.54, 1.807) is 22.6 Å². The van der Waals surface area contributed by atoms with Crippen LogP contribution in [0, 0.1) is 6.92 Å². The molecule has 3 heterocycles. The number of carboxylic acids is 1. The van der Waals surface area contributed by atoms with E-state index in [2.05, 4.69) is 10.4 Å². The molecular weight excluding hydrogens is 356 g/mol. The maximum Gasteiger partial charge on any atom is 0.305 e. The molecule has 1 fully saturated rings. The van der Waals surface area contributed by atoms with Crippen LogP contribution in [0.1, 0.15) is 41.6 Å². The zero-order valence-electron chi connectivity index (χ0n) is 15.0. The molecule has 2 atom stereocenters. The van der Waals surface area contributed by atoms with E-state index in [1.165, 1.54) is 11.3 Å². The van der Waals surface area contributed by atoms with Crippen molar-refractivity contribution < 1.29 is 19.5 Å². The summed E-state index contributed by atoms with van der Waals surface area (Å²) in [4.78, 5) is 39.1. The van der Waals surface area contributed by atoms with Crippen LogP contribution in [0.4, 0.5) is 0 Å². The second-order valence-electron chi connectivity index (χ2n) is 6.66. The molecule has 0 radical (unpaired) electrons.